The first-order chi connectivity index (χ1) is 63.4. The summed E-state index contributed by atoms with van der Waals surface area (Å²) in [6.07, 6.45) is 16.0. The fourth-order valence-corrected chi connectivity index (χ4v) is 20.9. The Morgan fingerprint density at radius 2 is 0.872 bits per heavy atom. The van der Waals surface area contributed by atoms with Gasteiger partial charge in [0.15, 0.2) is 0 Å². The van der Waals surface area contributed by atoms with Crippen molar-refractivity contribution in [3.8, 4) is 45.0 Å². The van der Waals surface area contributed by atoms with E-state index in [1.54, 1.807) is 115 Å². The normalized spacial score (nSPS) is 17.0. The molecule has 2 N–H and O–H groups in total. The highest BCUT2D eigenvalue weighted by Gasteiger charge is 2.38. The first-order valence-electron chi connectivity index (χ1n) is 43.2. The third kappa shape index (κ3) is 23.4. The van der Waals surface area contributed by atoms with E-state index >= 15 is 0 Å². The van der Waals surface area contributed by atoms with Crippen LogP contribution in [-0.2, 0) is 80.2 Å². The lowest BCUT2D eigenvalue weighted by atomic mass is 9.98. The minimum absolute atomic E-state index is 0.0542. The molecule has 133 heavy (non-hydrogen) atoms. The number of hydrogen-bond donors (Lipinski definition) is 2. The Labute approximate surface area is 812 Å². The van der Waals surface area contributed by atoms with E-state index in [9.17, 15) is 44.4 Å². The number of rotatable bonds is 21. The van der Waals surface area contributed by atoms with Gasteiger partial charge in [0.05, 0.1) is 96.4 Å². The fourth-order valence-electron chi connectivity index (χ4n) is 17.3. The van der Waals surface area contributed by atoms with E-state index in [1.807, 2.05) is 70.4 Å². The van der Waals surface area contributed by atoms with Crippen molar-refractivity contribution in [1.29, 1.82) is 0 Å². The first kappa shape index (κ1) is 98.4. The lowest BCUT2D eigenvalue weighted by Gasteiger charge is -2.37. The van der Waals surface area contributed by atoms with Gasteiger partial charge in [-0.15, -0.1) is 11.8 Å². The van der Waals surface area contributed by atoms with Gasteiger partial charge in [-0.25, -0.2) is 45.2 Å². The Kier molecular flexibility index (Phi) is 31.3. The predicted octanol–water partition coefficient (Wildman–Crippen LogP) is 13.6. The van der Waals surface area contributed by atoms with Crippen LogP contribution < -0.4 is 13.3 Å². The highest BCUT2D eigenvalue weighted by Crippen LogP contribution is 2.40. The van der Waals surface area contributed by atoms with Gasteiger partial charge < -0.3 is 33.8 Å². The number of carbonyl (C=O) groups is 4. The van der Waals surface area contributed by atoms with E-state index in [0.717, 1.165) is 152 Å². The number of benzene rings is 4. The van der Waals surface area contributed by atoms with Gasteiger partial charge in [0, 0.05) is 249 Å². The summed E-state index contributed by atoms with van der Waals surface area (Å²) in [4.78, 5) is 85.8. The number of nitrogens with zero attached hydrogens (tertiary/aromatic N) is 18. The van der Waals surface area contributed by atoms with Crippen LogP contribution in [0.4, 0.5) is 17.1 Å². The second-order valence-corrected chi connectivity index (χ2v) is 43.2. The van der Waals surface area contributed by atoms with E-state index in [0.29, 0.717) is 161 Å². The average molecular weight is 2030 g/mol. The second kappa shape index (κ2) is 42.3. The number of piperazine rings is 4. The number of anilines is 3. The highest BCUT2D eigenvalue weighted by molar-refractivity contribution is 7.98. The summed E-state index contributed by atoms with van der Waals surface area (Å²) >= 11 is 45.8. The number of fused-ring (bicyclic) bond motifs is 5. The van der Waals surface area contributed by atoms with Gasteiger partial charge >= 0.3 is 0 Å². The molecular formula is C91H102Cl7N19O12S4. The molecule has 0 spiro atoms. The maximum absolute atomic E-state index is 13.0. The van der Waals surface area contributed by atoms with Gasteiger partial charge in [-0.3, -0.25) is 65.3 Å². The molecule has 0 saturated carbocycles. The van der Waals surface area contributed by atoms with Crippen molar-refractivity contribution in [1.82, 2.24) is 76.7 Å². The van der Waals surface area contributed by atoms with Crippen LogP contribution in [0.25, 0.3) is 67.6 Å². The molecule has 8 aromatic heterocycles. The van der Waals surface area contributed by atoms with Crippen molar-refractivity contribution in [2.75, 3.05) is 170 Å². The number of thioether (sulfide) groups is 1. The van der Waals surface area contributed by atoms with Crippen LogP contribution in [0.15, 0.2) is 157 Å². The molecule has 6 aliphatic rings. The molecular weight excluding hydrogens is 1930 g/mol. The van der Waals surface area contributed by atoms with E-state index in [2.05, 4.69) is 53.3 Å². The van der Waals surface area contributed by atoms with Crippen LogP contribution in [-0.4, -0.2) is 294 Å². The third-order valence-corrected chi connectivity index (χ3v) is 30.4. The molecule has 42 heteroatoms. The quantitative estimate of drug-likeness (QED) is 0.0631. The number of amides is 4. The predicted molar refractivity (Wildman–Crippen MR) is 526 cm³/mol. The summed E-state index contributed by atoms with van der Waals surface area (Å²) in [5, 5.41) is 12.9. The molecule has 12 aromatic rings. The number of pyridine rings is 4. The summed E-state index contributed by atoms with van der Waals surface area (Å²) < 4.78 is 90.4. The van der Waals surface area contributed by atoms with Crippen molar-refractivity contribution in [2.45, 2.75) is 69.7 Å². The van der Waals surface area contributed by atoms with Gasteiger partial charge in [0.1, 0.15) is 29.2 Å². The van der Waals surface area contributed by atoms with E-state index in [1.165, 1.54) is 39.6 Å². The zero-order valence-corrected chi connectivity index (χ0v) is 82.8. The standard InChI is InChI=1S/C25H29Cl2N5O4S.C23H25Cl2N5O3S.C22H25Cl2N5O4S.C21H23ClN4OS/c1-37(34,35)29-19-3-5-23-28-24(20-4-2-18(26)14-21(20)27)22(32(23)15-19)16-30-8-10-31(11-9-30)25(33)17-6-12-36-13-7-17;1-27(34(2,32)33)16-4-7-21-26-23(18-6-3-15(24)11-19(18)25)20(30(21)13-16)14-28-9-10-29-17(12-28)5-8-22(29)31;1-26(34(2,32)33)16-4-6-20-25-22(17-5-3-15(23)11-18(17)24)19(29(20)12-16)13-27-7-9-28(10-8-27)21(31)14-30;1-15(27)25-11-9-24(10-12-25)14-19-21(16-3-5-17(22)6-4-16)23-20-8-7-18(28-2)13-26(19)20/h2-5,14-15,17,29H,6-13,16H2,1H3;3-4,6-7,11,13,17H,5,8-10,12,14H2,1-2H3;3-6,11-12,30H,7-10,13-14H2,1-2H3;3-8,13H,9-12,14H2,1-2H3. The molecule has 0 aliphatic carbocycles. The molecule has 4 aromatic carbocycles. The van der Waals surface area contributed by atoms with Gasteiger partial charge in [-0.1, -0.05) is 93.3 Å². The lowest BCUT2D eigenvalue weighted by molar-refractivity contribution is -0.140. The molecule has 0 bridgehead atoms. The zero-order chi connectivity index (χ0) is 94.6. The SMILES string of the molecule is CN(c1ccc2nc(-c3ccc(Cl)cc3Cl)c(CN3CCN(C(=O)CO)CC3)n2c1)S(C)(=O)=O.CN(c1ccc2nc(-c3ccc(Cl)cc3Cl)c(CN3CCN4C(=O)CCC4C3)n2c1)S(C)(=O)=O.CS(=O)(=O)Nc1ccc2nc(-c3ccc(Cl)cc3Cl)c(CN3CCN(C(=O)C4CCOCC4)CC3)n2c1.CSc1ccc2nc(-c3ccc(Cl)cc3)c(CN3CCN(C(C)=O)CC3)n2c1. The minimum atomic E-state index is -3.44. The number of aliphatic hydroxyl groups is 1. The molecule has 1 atom stereocenters. The van der Waals surface area contributed by atoms with Crippen LogP contribution >= 0.6 is 93.0 Å². The van der Waals surface area contributed by atoms with Crippen molar-refractivity contribution in [3.63, 3.8) is 0 Å². The smallest absolute Gasteiger partial charge is 0.248 e. The topological polar surface area (TPSA) is 314 Å². The Hall–Kier alpha value is -9.09. The van der Waals surface area contributed by atoms with Gasteiger partial charge in [-0.05, 0) is 141 Å². The summed E-state index contributed by atoms with van der Waals surface area (Å²) in [6.45, 7) is 15.4. The number of nitrogens with one attached hydrogen (secondary N) is 1. The number of imidazole rings is 4. The molecule has 706 valence electrons. The molecule has 1 unspecified atom stereocenters. The number of carbonyl (C=O) groups excluding carboxylic acids is 4. The molecule has 6 saturated heterocycles. The zero-order valence-electron chi connectivity index (χ0n) is 74.2. The maximum atomic E-state index is 13.0. The average Bonchev–Trinajstić information content (AvgIpc) is 1.59. The van der Waals surface area contributed by atoms with Crippen LogP contribution in [0, 0.1) is 5.92 Å². The highest BCUT2D eigenvalue weighted by atomic mass is 35.5. The molecule has 4 amide bonds. The largest absolute Gasteiger partial charge is 0.387 e. The summed E-state index contributed by atoms with van der Waals surface area (Å²) in [5.41, 5.74) is 14.6. The molecule has 31 nitrogen and oxygen atoms in total. The van der Waals surface area contributed by atoms with Crippen LogP contribution in [0.2, 0.25) is 35.2 Å². The van der Waals surface area contributed by atoms with Crippen molar-refractivity contribution in [2.24, 2.45) is 5.92 Å². The second-order valence-electron chi connectivity index (χ2n) is 33.6. The van der Waals surface area contributed by atoms with Crippen LogP contribution in [0.5, 0.6) is 0 Å². The Morgan fingerprint density at radius 3 is 1.31 bits per heavy atom. The third-order valence-electron chi connectivity index (χ3n) is 24.8. The molecule has 0 radical (unpaired) electrons. The van der Waals surface area contributed by atoms with E-state index in [-0.39, 0.29) is 35.6 Å². The number of hydrogen-bond acceptors (Lipinski definition) is 21. The lowest BCUT2D eigenvalue weighted by Crippen LogP contribution is -2.51. The van der Waals surface area contributed by atoms with Gasteiger partial charge in [0.2, 0.25) is 53.7 Å². The van der Waals surface area contributed by atoms with Crippen molar-refractivity contribution < 1.29 is 54.3 Å². The Balaban J connectivity index is 0.000000136. The number of sulfonamides is 3. The van der Waals surface area contributed by atoms with Crippen LogP contribution in [0.1, 0.15) is 55.4 Å². The van der Waals surface area contributed by atoms with E-state index < -0.39 is 36.7 Å². The molecule has 6 fully saturated rings. The van der Waals surface area contributed by atoms with Crippen molar-refractivity contribution in [3.05, 3.63) is 210 Å². The molecule has 14 heterocycles. The maximum Gasteiger partial charge on any atom is 0.248 e. The van der Waals surface area contributed by atoms with Crippen LogP contribution in [0.3, 0.4) is 0 Å². The number of aromatic nitrogens is 8. The molecule has 6 aliphatic heterocycles. The first-order valence-corrected chi connectivity index (χ1v) is 52.6. The number of aliphatic hydroxyl groups excluding tert-OH is 1. The van der Waals surface area contributed by atoms with E-state index in [4.69, 9.17) is 111 Å². The Bertz CT molecular complexity index is 6720. The fraction of sp³-hybridized carbons (Fsp3) is 0.385. The summed E-state index contributed by atoms with van der Waals surface area (Å²) in [5.74, 6) is 0.389. The van der Waals surface area contributed by atoms with Gasteiger partial charge in [0.25, 0.3) is 0 Å². The Morgan fingerprint density at radius 1 is 0.474 bits per heavy atom. The van der Waals surface area contributed by atoms with Gasteiger partial charge in [-0.2, -0.15) is 0 Å². The number of ether oxygens (including phenoxy) is 1. The summed E-state index contributed by atoms with van der Waals surface area (Å²) in [7, 11) is -7.28. The minimum Gasteiger partial charge on any atom is -0.387 e. The number of halogens is 7. The summed E-state index contributed by atoms with van der Waals surface area (Å²) in [6, 6.07) is 38.6. The monoisotopic (exact) mass is 2030 g/mol. The molecule has 18 rings (SSSR count). The van der Waals surface area contributed by atoms with Crippen molar-refractivity contribution >= 4 is 186 Å².